The predicted octanol–water partition coefficient (Wildman–Crippen LogP) is 0.553. The van der Waals surface area contributed by atoms with Crippen molar-refractivity contribution >= 4 is 23.6 Å². The van der Waals surface area contributed by atoms with Gasteiger partial charge in [-0.1, -0.05) is 29.8 Å². The maximum absolute atomic E-state index is 10.1. The molecule has 0 spiro atoms. The maximum Gasteiger partial charge on any atom is 0.187 e. The molecule has 0 aliphatic carbocycles. The molecule has 11 heavy (non-hydrogen) atoms. The van der Waals surface area contributed by atoms with E-state index in [2.05, 4.69) is 0 Å². The van der Waals surface area contributed by atoms with Crippen molar-refractivity contribution in [2.45, 2.75) is 13.3 Å². The van der Waals surface area contributed by atoms with Gasteiger partial charge in [-0.25, -0.2) is 0 Å². The molecule has 1 aromatic rings. The molecule has 0 bridgehead atoms. The summed E-state index contributed by atoms with van der Waals surface area (Å²) in [4.78, 5) is 10.1. The second kappa shape index (κ2) is 5.12. The molecule has 2 heteroatoms. The van der Waals surface area contributed by atoms with Gasteiger partial charge in [0.15, 0.2) is 17.4 Å². The minimum Gasteiger partial charge on any atom is -0.303 e. The van der Waals surface area contributed by atoms with E-state index >= 15 is 0 Å². The molecule has 0 saturated carbocycles. The number of aldehydes is 1. The maximum atomic E-state index is 10.1. The molecule has 0 aromatic heterocycles. The fourth-order valence-corrected chi connectivity index (χ4v) is 0.820. The van der Waals surface area contributed by atoms with Gasteiger partial charge in [-0.2, -0.15) is 0 Å². The van der Waals surface area contributed by atoms with Gasteiger partial charge in [-0.05, 0) is 12.5 Å². The molecule has 0 N–H and O–H groups in total. The first-order valence-corrected chi connectivity index (χ1v) is 3.32. The molecule has 0 radical (unpaired) electrons. The van der Waals surface area contributed by atoms with Gasteiger partial charge >= 0.3 is 0 Å². The lowest BCUT2D eigenvalue weighted by Gasteiger charge is -1.93. The monoisotopic (exact) mass is 164 g/mol. The standard InChI is InChI=1S/C9H10O.Al.3H/c1-8-2-4-9(5-3-8)6-7-10;;;;/h2-5,7H,6H2,1H3;;;;. The predicted molar refractivity (Wildman–Crippen MR) is 50.9 cm³/mol. The Morgan fingerprint density at radius 1 is 1.27 bits per heavy atom. The van der Waals surface area contributed by atoms with Crippen molar-refractivity contribution in [2.75, 3.05) is 0 Å². The molecule has 0 aliphatic rings. The van der Waals surface area contributed by atoms with Gasteiger partial charge in [-0.3, -0.25) is 0 Å². The number of rotatable bonds is 2. The first-order chi connectivity index (χ1) is 4.83. The van der Waals surface area contributed by atoms with E-state index in [9.17, 15) is 4.79 Å². The summed E-state index contributed by atoms with van der Waals surface area (Å²) in [5, 5.41) is 0. The Hall–Kier alpha value is -0.578. The quantitative estimate of drug-likeness (QED) is 0.461. The SMILES string of the molecule is Cc1ccc(CC=O)cc1.[AlH3]. The lowest BCUT2D eigenvalue weighted by atomic mass is 10.1. The molecule has 1 rings (SSSR count). The normalized spacial score (nSPS) is 8.45. The highest BCUT2D eigenvalue weighted by molar-refractivity contribution is 5.75. The zero-order valence-electron chi connectivity index (χ0n) is 6.00. The topological polar surface area (TPSA) is 17.1 Å². The first kappa shape index (κ1) is 10.4. The fourth-order valence-electron chi connectivity index (χ4n) is 0.820. The molecule has 0 fully saturated rings. The van der Waals surface area contributed by atoms with Crippen molar-refractivity contribution in [3.05, 3.63) is 35.4 Å². The van der Waals surface area contributed by atoms with Crippen LogP contribution < -0.4 is 0 Å². The third-order valence-corrected chi connectivity index (χ3v) is 1.44. The van der Waals surface area contributed by atoms with Gasteiger partial charge in [-0.15, -0.1) is 0 Å². The van der Waals surface area contributed by atoms with Crippen LogP contribution >= 0.6 is 0 Å². The van der Waals surface area contributed by atoms with E-state index in [1.165, 1.54) is 5.56 Å². The fraction of sp³-hybridized carbons (Fsp3) is 0.222. The Balaban J connectivity index is 0.000001000. The third kappa shape index (κ3) is 3.36. The van der Waals surface area contributed by atoms with Gasteiger partial charge in [0.25, 0.3) is 0 Å². The summed E-state index contributed by atoms with van der Waals surface area (Å²) in [6, 6.07) is 7.98. The molecule has 0 atom stereocenters. The van der Waals surface area contributed by atoms with Crippen LogP contribution in [-0.2, 0) is 11.2 Å². The summed E-state index contributed by atoms with van der Waals surface area (Å²) in [6.45, 7) is 2.03. The lowest BCUT2D eigenvalue weighted by molar-refractivity contribution is -0.107. The second-order valence-electron chi connectivity index (χ2n) is 2.36. The Morgan fingerprint density at radius 3 is 2.27 bits per heavy atom. The van der Waals surface area contributed by atoms with Crippen molar-refractivity contribution in [3.8, 4) is 0 Å². The van der Waals surface area contributed by atoms with Crippen LogP contribution in [-0.4, -0.2) is 23.6 Å². The smallest absolute Gasteiger partial charge is 0.187 e. The van der Waals surface area contributed by atoms with E-state index in [-0.39, 0.29) is 17.4 Å². The van der Waals surface area contributed by atoms with Crippen LogP contribution in [0, 0.1) is 6.92 Å². The Kier molecular flexibility index (Phi) is 4.85. The van der Waals surface area contributed by atoms with Crippen molar-refractivity contribution in [1.82, 2.24) is 0 Å². The van der Waals surface area contributed by atoms with Gasteiger partial charge in [0, 0.05) is 6.42 Å². The van der Waals surface area contributed by atoms with E-state index < -0.39 is 0 Å². The summed E-state index contributed by atoms with van der Waals surface area (Å²) >= 11 is 0. The molecular formula is C9H13AlO. The van der Waals surface area contributed by atoms with Crippen LogP contribution in [0.3, 0.4) is 0 Å². The van der Waals surface area contributed by atoms with Crippen molar-refractivity contribution < 1.29 is 4.79 Å². The molecule has 0 heterocycles. The van der Waals surface area contributed by atoms with Crippen molar-refractivity contribution in [2.24, 2.45) is 0 Å². The van der Waals surface area contributed by atoms with Crippen molar-refractivity contribution in [1.29, 1.82) is 0 Å². The van der Waals surface area contributed by atoms with Gasteiger partial charge in [0.05, 0.1) is 0 Å². The molecule has 0 saturated heterocycles. The molecule has 0 aliphatic heterocycles. The second-order valence-corrected chi connectivity index (χ2v) is 2.36. The third-order valence-electron chi connectivity index (χ3n) is 1.44. The van der Waals surface area contributed by atoms with E-state index in [0.717, 1.165) is 11.8 Å². The van der Waals surface area contributed by atoms with Crippen LogP contribution in [0.4, 0.5) is 0 Å². The van der Waals surface area contributed by atoms with Gasteiger partial charge in [0.2, 0.25) is 0 Å². The highest BCUT2D eigenvalue weighted by Gasteiger charge is 1.88. The minimum absolute atomic E-state index is 0. The summed E-state index contributed by atoms with van der Waals surface area (Å²) in [5.74, 6) is 0. The Bertz CT molecular complexity index is 216. The zero-order valence-corrected chi connectivity index (χ0v) is 6.00. The molecule has 0 amide bonds. The average Bonchev–Trinajstić information content (AvgIpc) is 1.95. The average molecular weight is 164 g/mol. The highest BCUT2D eigenvalue weighted by atomic mass is 27.0. The molecule has 58 valence electrons. The summed E-state index contributed by atoms with van der Waals surface area (Å²) in [5.41, 5.74) is 2.32. The number of hydrogen-bond donors (Lipinski definition) is 0. The first-order valence-electron chi connectivity index (χ1n) is 3.32. The van der Waals surface area contributed by atoms with Crippen LogP contribution in [0.1, 0.15) is 11.1 Å². The van der Waals surface area contributed by atoms with Crippen LogP contribution in [0.5, 0.6) is 0 Å². The zero-order chi connectivity index (χ0) is 7.40. The Labute approximate surface area is 77.6 Å². The number of benzene rings is 1. The molecule has 1 nitrogen and oxygen atoms in total. The largest absolute Gasteiger partial charge is 0.303 e. The number of carbonyl (C=O) groups excluding carboxylic acids is 1. The van der Waals surface area contributed by atoms with Gasteiger partial charge in [0.1, 0.15) is 6.29 Å². The van der Waals surface area contributed by atoms with E-state index in [1.54, 1.807) is 0 Å². The minimum atomic E-state index is 0. The van der Waals surface area contributed by atoms with Crippen LogP contribution in [0.25, 0.3) is 0 Å². The lowest BCUT2D eigenvalue weighted by Crippen LogP contribution is -1.84. The highest BCUT2D eigenvalue weighted by Crippen LogP contribution is 2.01. The number of carbonyl (C=O) groups is 1. The Morgan fingerprint density at radius 2 is 1.82 bits per heavy atom. The van der Waals surface area contributed by atoms with E-state index in [4.69, 9.17) is 0 Å². The summed E-state index contributed by atoms with van der Waals surface area (Å²) in [6.07, 6.45) is 1.45. The van der Waals surface area contributed by atoms with Crippen LogP contribution in [0.2, 0.25) is 0 Å². The number of hydrogen-bond acceptors (Lipinski definition) is 1. The molecule has 0 unspecified atom stereocenters. The van der Waals surface area contributed by atoms with E-state index in [0.29, 0.717) is 6.42 Å². The summed E-state index contributed by atoms with van der Waals surface area (Å²) < 4.78 is 0. The van der Waals surface area contributed by atoms with Gasteiger partial charge < -0.3 is 4.79 Å². The van der Waals surface area contributed by atoms with Crippen molar-refractivity contribution in [3.63, 3.8) is 0 Å². The van der Waals surface area contributed by atoms with E-state index in [1.807, 2.05) is 31.2 Å². The molecular weight excluding hydrogens is 151 g/mol. The summed E-state index contributed by atoms with van der Waals surface area (Å²) in [7, 11) is 0. The number of aryl methyl sites for hydroxylation is 1. The van der Waals surface area contributed by atoms with Crippen LogP contribution in [0.15, 0.2) is 24.3 Å². The molecule has 1 aromatic carbocycles.